The summed E-state index contributed by atoms with van der Waals surface area (Å²) in [7, 11) is -1.83. The van der Waals surface area contributed by atoms with Crippen molar-refractivity contribution >= 4 is 8.32 Å². The monoisotopic (exact) mass is 308 g/mol. The predicted octanol–water partition coefficient (Wildman–Crippen LogP) is 6.26. The molecule has 21 heavy (non-hydrogen) atoms. The van der Waals surface area contributed by atoms with Crippen LogP contribution in [0.25, 0.3) is 0 Å². The van der Waals surface area contributed by atoms with Gasteiger partial charge in [0, 0.05) is 0 Å². The molecule has 1 aliphatic rings. The lowest BCUT2D eigenvalue weighted by Crippen LogP contribution is -2.34. The Balaban J connectivity index is 2.21. The molecule has 0 saturated heterocycles. The number of para-hydroxylation sites is 1. The minimum atomic E-state index is -1.83. The van der Waals surface area contributed by atoms with Gasteiger partial charge in [-0.15, -0.1) is 0 Å². The van der Waals surface area contributed by atoms with Gasteiger partial charge >= 0.3 is 0 Å². The summed E-state index contributed by atoms with van der Waals surface area (Å²) in [6.07, 6.45) is 8.54. The fraction of sp³-hybridized carbons (Fsp3) is 0.667. The minimum absolute atomic E-state index is 0.171. The lowest BCUT2D eigenvalue weighted by molar-refractivity contribution is 0.420. The lowest BCUT2D eigenvalue weighted by Gasteiger charge is -2.29. The molecular weight excluding hydrogens is 279 g/mol. The molecule has 0 unspecified atom stereocenters. The molecule has 0 amide bonds. The average Bonchev–Trinajstić information content (AvgIpc) is 2.48. The van der Waals surface area contributed by atoms with Crippen molar-refractivity contribution in [3.63, 3.8) is 0 Å². The maximum Gasteiger partial charge on any atom is 0.245 e. The first-order valence-electron chi connectivity index (χ1n) is 8.51. The van der Waals surface area contributed by atoms with Gasteiger partial charge in [0.2, 0.25) is 8.32 Å². The standard InChI is InChI=1S/C18H29FOSi/c1-4-5-14-21(2,3)20-18-16(12-9-13-17(18)19)15-10-7-6-8-11-15/h9,12-13,15H,4-8,10-11,14H2,1-3H3. The van der Waals surface area contributed by atoms with Gasteiger partial charge in [0.15, 0.2) is 5.82 Å². The van der Waals surface area contributed by atoms with Crippen LogP contribution in [-0.4, -0.2) is 8.32 Å². The Bertz CT molecular complexity index is 453. The lowest BCUT2D eigenvalue weighted by atomic mass is 9.84. The normalized spacial score (nSPS) is 17.0. The summed E-state index contributed by atoms with van der Waals surface area (Å²) in [6, 6.07) is 6.57. The van der Waals surface area contributed by atoms with E-state index in [2.05, 4.69) is 26.1 Å². The number of halogens is 1. The van der Waals surface area contributed by atoms with Gasteiger partial charge in [-0.2, -0.15) is 0 Å². The number of unbranched alkanes of at least 4 members (excludes halogenated alkanes) is 1. The SMILES string of the molecule is CCCC[Si](C)(C)Oc1c(F)cccc1C1CCCCC1. The topological polar surface area (TPSA) is 9.23 Å². The first kappa shape index (κ1) is 16.5. The molecule has 0 aromatic heterocycles. The molecule has 1 fully saturated rings. The number of rotatable bonds is 6. The third-order valence-electron chi connectivity index (χ3n) is 4.55. The van der Waals surface area contributed by atoms with Gasteiger partial charge in [0.25, 0.3) is 0 Å². The van der Waals surface area contributed by atoms with Crippen LogP contribution in [0, 0.1) is 5.82 Å². The van der Waals surface area contributed by atoms with Crippen LogP contribution in [0.4, 0.5) is 4.39 Å². The summed E-state index contributed by atoms with van der Waals surface area (Å²) in [4.78, 5) is 0. The zero-order valence-corrected chi connectivity index (χ0v) is 14.8. The van der Waals surface area contributed by atoms with E-state index in [1.54, 1.807) is 6.07 Å². The van der Waals surface area contributed by atoms with Crippen LogP contribution in [0.5, 0.6) is 5.75 Å². The molecule has 0 aliphatic heterocycles. The van der Waals surface area contributed by atoms with Crippen molar-refractivity contribution in [1.82, 2.24) is 0 Å². The summed E-state index contributed by atoms with van der Waals surface area (Å²) in [5.74, 6) is 0.882. The van der Waals surface area contributed by atoms with Crippen LogP contribution in [0.3, 0.4) is 0 Å². The molecule has 0 spiro atoms. The van der Waals surface area contributed by atoms with Crippen molar-refractivity contribution in [3.05, 3.63) is 29.6 Å². The molecular formula is C18H29FOSi. The number of hydrogen-bond donors (Lipinski definition) is 0. The molecule has 1 aromatic carbocycles. The zero-order chi connectivity index (χ0) is 15.3. The first-order chi connectivity index (χ1) is 10.0. The second-order valence-corrected chi connectivity index (χ2v) is 11.2. The van der Waals surface area contributed by atoms with E-state index in [1.165, 1.54) is 44.9 Å². The summed E-state index contributed by atoms with van der Waals surface area (Å²) in [6.45, 7) is 6.61. The highest BCUT2D eigenvalue weighted by Crippen LogP contribution is 2.39. The van der Waals surface area contributed by atoms with Gasteiger partial charge in [-0.05, 0) is 49.5 Å². The largest absolute Gasteiger partial charge is 0.542 e. The van der Waals surface area contributed by atoms with Gasteiger partial charge in [-0.1, -0.05) is 51.2 Å². The van der Waals surface area contributed by atoms with Crippen molar-refractivity contribution in [2.24, 2.45) is 0 Å². The van der Waals surface area contributed by atoms with Crippen LogP contribution in [-0.2, 0) is 0 Å². The Morgan fingerprint density at radius 1 is 1.19 bits per heavy atom. The van der Waals surface area contributed by atoms with Crippen LogP contribution < -0.4 is 4.43 Å². The number of hydrogen-bond acceptors (Lipinski definition) is 1. The molecule has 0 heterocycles. The summed E-state index contributed by atoms with van der Waals surface area (Å²) >= 11 is 0. The third kappa shape index (κ3) is 4.57. The Hall–Kier alpha value is -0.833. The van der Waals surface area contributed by atoms with E-state index in [4.69, 9.17) is 4.43 Å². The van der Waals surface area contributed by atoms with E-state index >= 15 is 0 Å². The quantitative estimate of drug-likeness (QED) is 0.564. The van der Waals surface area contributed by atoms with Crippen molar-refractivity contribution in [2.45, 2.75) is 76.9 Å². The van der Waals surface area contributed by atoms with Crippen LogP contribution in [0.1, 0.15) is 63.4 Å². The Morgan fingerprint density at radius 2 is 1.90 bits per heavy atom. The van der Waals surface area contributed by atoms with Gasteiger partial charge in [-0.25, -0.2) is 4.39 Å². The van der Waals surface area contributed by atoms with E-state index in [0.29, 0.717) is 11.7 Å². The summed E-state index contributed by atoms with van der Waals surface area (Å²) in [5, 5.41) is 0. The predicted molar refractivity (Wildman–Crippen MR) is 90.1 cm³/mol. The van der Waals surface area contributed by atoms with Gasteiger partial charge in [0.1, 0.15) is 5.75 Å². The van der Waals surface area contributed by atoms with Crippen molar-refractivity contribution in [3.8, 4) is 5.75 Å². The average molecular weight is 309 g/mol. The molecule has 118 valence electrons. The smallest absolute Gasteiger partial charge is 0.245 e. The molecule has 0 N–H and O–H groups in total. The maximum absolute atomic E-state index is 14.4. The molecule has 1 aromatic rings. The molecule has 0 bridgehead atoms. The van der Waals surface area contributed by atoms with Gasteiger partial charge in [0.05, 0.1) is 0 Å². The molecule has 2 rings (SSSR count). The highest BCUT2D eigenvalue weighted by Gasteiger charge is 2.28. The van der Waals surface area contributed by atoms with Crippen molar-refractivity contribution in [1.29, 1.82) is 0 Å². The molecule has 1 saturated carbocycles. The first-order valence-corrected chi connectivity index (χ1v) is 11.6. The van der Waals surface area contributed by atoms with E-state index in [1.807, 2.05) is 6.07 Å². The highest BCUT2D eigenvalue weighted by molar-refractivity contribution is 6.71. The summed E-state index contributed by atoms with van der Waals surface area (Å²) in [5.41, 5.74) is 1.12. The van der Waals surface area contributed by atoms with E-state index in [0.717, 1.165) is 11.6 Å². The second-order valence-electron chi connectivity index (χ2n) is 6.96. The van der Waals surface area contributed by atoms with E-state index in [-0.39, 0.29) is 5.82 Å². The van der Waals surface area contributed by atoms with Gasteiger partial charge < -0.3 is 4.43 Å². The fourth-order valence-electron chi connectivity index (χ4n) is 3.30. The maximum atomic E-state index is 14.4. The Morgan fingerprint density at radius 3 is 2.57 bits per heavy atom. The fourth-order valence-corrected chi connectivity index (χ4v) is 5.37. The molecule has 1 nitrogen and oxygen atoms in total. The van der Waals surface area contributed by atoms with Gasteiger partial charge in [-0.3, -0.25) is 0 Å². The zero-order valence-electron chi connectivity index (χ0n) is 13.8. The van der Waals surface area contributed by atoms with Crippen molar-refractivity contribution < 1.29 is 8.82 Å². The highest BCUT2D eigenvalue weighted by atomic mass is 28.4. The van der Waals surface area contributed by atoms with Crippen LogP contribution in [0.15, 0.2) is 18.2 Å². The van der Waals surface area contributed by atoms with Crippen molar-refractivity contribution in [2.75, 3.05) is 0 Å². The van der Waals surface area contributed by atoms with E-state index in [9.17, 15) is 4.39 Å². The molecule has 3 heteroatoms. The molecule has 0 radical (unpaired) electrons. The molecule has 0 atom stereocenters. The second kappa shape index (κ2) is 7.44. The number of benzene rings is 1. The van der Waals surface area contributed by atoms with E-state index < -0.39 is 8.32 Å². The summed E-state index contributed by atoms with van der Waals surface area (Å²) < 4.78 is 20.6. The van der Waals surface area contributed by atoms with Crippen LogP contribution in [0.2, 0.25) is 19.1 Å². The molecule has 1 aliphatic carbocycles. The van der Waals surface area contributed by atoms with Crippen LogP contribution >= 0.6 is 0 Å². The Kier molecular flexibility index (Phi) is 5.86. The minimum Gasteiger partial charge on any atom is -0.542 e. The third-order valence-corrected chi connectivity index (χ3v) is 6.87. The Labute approximate surface area is 130 Å².